The van der Waals surface area contributed by atoms with Crippen molar-refractivity contribution in [1.29, 1.82) is 0 Å². The minimum absolute atomic E-state index is 0.544. The van der Waals surface area contributed by atoms with Crippen molar-refractivity contribution in [3.05, 3.63) is 15.9 Å². The van der Waals surface area contributed by atoms with Crippen LogP contribution in [0.15, 0.2) is 4.47 Å². The highest BCUT2D eigenvalue weighted by molar-refractivity contribution is 9.10. The Morgan fingerprint density at radius 1 is 1.67 bits per heavy atom. The van der Waals surface area contributed by atoms with E-state index in [2.05, 4.69) is 21.0 Å². The van der Waals surface area contributed by atoms with Crippen LogP contribution in [0, 0.1) is 6.92 Å². The van der Waals surface area contributed by atoms with E-state index in [9.17, 15) is 9.90 Å². The summed E-state index contributed by atoms with van der Waals surface area (Å²) in [5.74, 6) is 0.238. The normalized spacial score (nSPS) is 23.5. The number of carboxylic acids is 1. The van der Waals surface area contributed by atoms with E-state index in [-0.39, 0.29) is 0 Å². The van der Waals surface area contributed by atoms with Gasteiger partial charge in [-0.25, -0.2) is 0 Å². The minimum atomic E-state index is -0.696. The first-order chi connectivity index (χ1) is 8.50. The highest BCUT2D eigenvalue weighted by Crippen LogP contribution is 2.42. The summed E-state index contributed by atoms with van der Waals surface area (Å²) >= 11 is 5.11. The molecule has 18 heavy (non-hydrogen) atoms. The smallest absolute Gasteiger partial charge is 0.320 e. The number of carboxylic acid groups (broad SMARTS) is 1. The average molecular weight is 333 g/mol. The molecular weight excluding hydrogens is 316 g/mol. The zero-order valence-electron chi connectivity index (χ0n) is 10.6. The molecule has 1 aliphatic rings. The third-order valence-corrected chi connectivity index (χ3v) is 6.00. The lowest BCUT2D eigenvalue weighted by Crippen LogP contribution is -2.35. The summed E-state index contributed by atoms with van der Waals surface area (Å²) in [5, 5.41) is 13.9. The van der Waals surface area contributed by atoms with E-state index in [4.69, 9.17) is 0 Å². The predicted octanol–water partition coefficient (Wildman–Crippen LogP) is 2.87. The van der Waals surface area contributed by atoms with Gasteiger partial charge in [0.2, 0.25) is 0 Å². The predicted molar refractivity (Wildman–Crippen MR) is 76.1 cm³/mol. The number of aromatic nitrogens is 2. The zero-order chi connectivity index (χ0) is 13.3. The van der Waals surface area contributed by atoms with Crippen LogP contribution in [-0.4, -0.2) is 31.4 Å². The molecule has 4 nitrogen and oxygen atoms in total. The van der Waals surface area contributed by atoms with Crippen molar-refractivity contribution in [3.8, 4) is 0 Å². The molecule has 0 amide bonds. The van der Waals surface area contributed by atoms with Gasteiger partial charge in [0.15, 0.2) is 0 Å². The standard InChI is InChI=1S/C12H17BrN2O2S/c1-3-15-9(10(13)8(2)14-15)7-12(11(16)17)5-4-6-18-12/h3-7H2,1-2H3,(H,16,17). The highest BCUT2D eigenvalue weighted by Gasteiger charge is 2.43. The van der Waals surface area contributed by atoms with E-state index < -0.39 is 10.7 Å². The Hall–Kier alpha value is -0.490. The number of thioether (sulfide) groups is 1. The molecule has 0 saturated carbocycles. The van der Waals surface area contributed by atoms with Crippen molar-refractivity contribution < 1.29 is 9.90 Å². The van der Waals surface area contributed by atoms with Gasteiger partial charge in [0.1, 0.15) is 4.75 Å². The maximum atomic E-state index is 11.6. The summed E-state index contributed by atoms with van der Waals surface area (Å²) in [5.41, 5.74) is 1.93. The van der Waals surface area contributed by atoms with Crippen LogP contribution in [0.5, 0.6) is 0 Å². The van der Waals surface area contributed by atoms with Crippen LogP contribution < -0.4 is 0 Å². The summed E-state index contributed by atoms with van der Waals surface area (Å²) in [7, 11) is 0. The summed E-state index contributed by atoms with van der Waals surface area (Å²) in [6, 6.07) is 0. The van der Waals surface area contributed by atoms with Crippen molar-refractivity contribution >= 4 is 33.7 Å². The van der Waals surface area contributed by atoms with Gasteiger partial charge in [0.05, 0.1) is 15.9 Å². The molecule has 0 aliphatic carbocycles. The second kappa shape index (κ2) is 5.25. The van der Waals surface area contributed by atoms with E-state index >= 15 is 0 Å². The molecule has 1 atom stereocenters. The fourth-order valence-corrected chi connectivity index (χ4v) is 4.14. The van der Waals surface area contributed by atoms with Gasteiger partial charge in [0, 0.05) is 13.0 Å². The van der Waals surface area contributed by atoms with Gasteiger partial charge in [-0.1, -0.05) is 0 Å². The number of aryl methyl sites for hydroxylation is 2. The molecule has 0 spiro atoms. The average Bonchev–Trinajstić information content (AvgIpc) is 2.90. The van der Waals surface area contributed by atoms with Gasteiger partial charge >= 0.3 is 5.97 Å². The maximum absolute atomic E-state index is 11.6. The number of carbonyl (C=O) groups is 1. The largest absolute Gasteiger partial charge is 0.480 e. The lowest BCUT2D eigenvalue weighted by Gasteiger charge is -2.23. The van der Waals surface area contributed by atoms with Crippen LogP contribution in [0.4, 0.5) is 0 Å². The van der Waals surface area contributed by atoms with Crippen LogP contribution >= 0.6 is 27.7 Å². The number of aliphatic carboxylic acids is 1. The Bertz CT molecular complexity index is 467. The molecule has 2 rings (SSSR count). The van der Waals surface area contributed by atoms with Crippen LogP contribution in [0.1, 0.15) is 31.2 Å². The molecule has 1 N–H and O–H groups in total. The van der Waals surface area contributed by atoms with Gasteiger partial charge < -0.3 is 5.11 Å². The number of nitrogens with zero attached hydrogens (tertiary/aromatic N) is 2. The number of halogens is 1. The van der Waals surface area contributed by atoms with Crippen LogP contribution in [0.25, 0.3) is 0 Å². The first-order valence-electron chi connectivity index (χ1n) is 6.09. The molecule has 1 aliphatic heterocycles. The van der Waals surface area contributed by atoms with Crippen molar-refractivity contribution in [2.75, 3.05) is 5.75 Å². The first kappa shape index (κ1) is 13.9. The Kier molecular flexibility index (Phi) is 4.06. The van der Waals surface area contributed by atoms with Crippen molar-refractivity contribution in [3.63, 3.8) is 0 Å². The fourth-order valence-electron chi connectivity index (χ4n) is 2.39. The summed E-state index contributed by atoms with van der Waals surface area (Å²) in [6.07, 6.45) is 2.27. The molecule has 1 aromatic rings. The summed E-state index contributed by atoms with van der Waals surface area (Å²) in [4.78, 5) is 11.6. The summed E-state index contributed by atoms with van der Waals surface area (Å²) in [6.45, 7) is 4.73. The van der Waals surface area contributed by atoms with Crippen LogP contribution in [0.3, 0.4) is 0 Å². The van der Waals surface area contributed by atoms with Gasteiger partial charge in [0.25, 0.3) is 0 Å². The molecule has 0 aromatic carbocycles. The third-order valence-electron chi connectivity index (χ3n) is 3.40. The number of hydrogen-bond donors (Lipinski definition) is 1. The van der Waals surface area contributed by atoms with E-state index in [0.29, 0.717) is 6.42 Å². The van der Waals surface area contributed by atoms with Crippen molar-refractivity contribution in [2.24, 2.45) is 0 Å². The van der Waals surface area contributed by atoms with E-state index in [0.717, 1.165) is 41.0 Å². The molecule has 1 aromatic heterocycles. The van der Waals surface area contributed by atoms with Gasteiger partial charge in [-0.05, 0) is 48.4 Å². The van der Waals surface area contributed by atoms with Crippen molar-refractivity contribution in [1.82, 2.24) is 9.78 Å². The Balaban J connectivity index is 2.35. The Morgan fingerprint density at radius 2 is 2.39 bits per heavy atom. The van der Waals surface area contributed by atoms with E-state index in [1.807, 2.05) is 18.5 Å². The SMILES string of the molecule is CCn1nc(C)c(Br)c1CC1(C(=O)O)CCCS1. The molecule has 1 fully saturated rings. The Labute approximate surface area is 119 Å². The second-order valence-corrected chi connectivity index (χ2v) is 6.86. The lowest BCUT2D eigenvalue weighted by molar-refractivity contribution is -0.139. The van der Waals surface area contributed by atoms with Gasteiger partial charge in [-0.3, -0.25) is 9.48 Å². The topological polar surface area (TPSA) is 55.1 Å². The minimum Gasteiger partial charge on any atom is -0.480 e. The zero-order valence-corrected chi connectivity index (χ0v) is 13.0. The fraction of sp³-hybridized carbons (Fsp3) is 0.667. The first-order valence-corrected chi connectivity index (χ1v) is 7.87. The Morgan fingerprint density at radius 3 is 2.89 bits per heavy atom. The molecule has 1 saturated heterocycles. The van der Waals surface area contributed by atoms with E-state index in [1.165, 1.54) is 0 Å². The molecule has 100 valence electrons. The van der Waals surface area contributed by atoms with Gasteiger partial charge in [-0.2, -0.15) is 5.10 Å². The quantitative estimate of drug-likeness (QED) is 0.921. The maximum Gasteiger partial charge on any atom is 0.320 e. The monoisotopic (exact) mass is 332 g/mol. The van der Waals surface area contributed by atoms with E-state index in [1.54, 1.807) is 11.8 Å². The molecule has 6 heteroatoms. The number of hydrogen-bond acceptors (Lipinski definition) is 3. The van der Waals surface area contributed by atoms with Crippen LogP contribution in [-0.2, 0) is 17.8 Å². The second-order valence-electron chi connectivity index (χ2n) is 4.59. The van der Waals surface area contributed by atoms with Crippen molar-refractivity contribution in [2.45, 2.75) is 44.4 Å². The van der Waals surface area contributed by atoms with Crippen LogP contribution in [0.2, 0.25) is 0 Å². The third kappa shape index (κ3) is 2.32. The molecule has 1 unspecified atom stereocenters. The lowest BCUT2D eigenvalue weighted by atomic mass is 9.97. The highest BCUT2D eigenvalue weighted by atomic mass is 79.9. The molecule has 0 bridgehead atoms. The van der Waals surface area contributed by atoms with Gasteiger partial charge in [-0.15, -0.1) is 11.8 Å². The molecule has 2 heterocycles. The molecule has 0 radical (unpaired) electrons. The molecular formula is C12H17BrN2O2S. The number of rotatable bonds is 4. The summed E-state index contributed by atoms with van der Waals surface area (Å²) < 4.78 is 2.20.